The Kier molecular flexibility index (Phi) is 5.60. The molecule has 0 spiro atoms. The number of nitriles is 1. The quantitative estimate of drug-likeness (QED) is 0.590. The first-order valence-corrected chi connectivity index (χ1v) is 5.42. The van der Waals surface area contributed by atoms with Crippen molar-refractivity contribution in [3.05, 3.63) is 0 Å². The molecule has 2 heteroatoms. The third-order valence-corrected chi connectivity index (χ3v) is 2.59. The Hall–Kier alpha value is -0.550. The molecule has 13 heavy (non-hydrogen) atoms. The summed E-state index contributed by atoms with van der Waals surface area (Å²) in [6.45, 7) is 0.971. The molecule has 0 amide bonds. The SMILES string of the molecule is N#CCCCCCCC1CCCO1. The summed E-state index contributed by atoms with van der Waals surface area (Å²) in [5, 5.41) is 8.33. The Morgan fingerprint density at radius 3 is 2.77 bits per heavy atom. The maximum Gasteiger partial charge on any atom is 0.0621 e. The first-order valence-electron chi connectivity index (χ1n) is 5.42. The molecular formula is C11H19NO. The van der Waals surface area contributed by atoms with Crippen LogP contribution in [0.2, 0.25) is 0 Å². The van der Waals surface area contributed by atoms with Gasteiger partial charge in [0.2, 0.25) is 0 Å². The lowest BCUT2D eigenvalue weighted by Crippen LogP contribution is -2.03. The molecule has 0 bridgehead atoms. The molecule has 1 atom stereocenters. The van der Waals surface area contributed by atoms with Gasteiger partial charge in [0, 0.05) is 13.0 Å². The second-order valence-electron chi connectivity index (χ2n) is 3.75. The number of nitrogens with zero attached hydrogens (tertiary/aromatic N) is 1. The number of hydrogen-bond acceptors (Lipinski definition) is 2. The zero-order valence-electron chi connectivity index (χ0n) is 8.30. The maximum absolute atomic E-state index is 8.33. The number of hydrogen-bond donors (Lipinski definition) is 0. The van der Waals surface area contributed by atoms with Gasteiger partial charge in [-0.15, -0.1) is 0 Å². The Bertz CT molecular complexity index is 156. The molecule has 0 saturated carbocycles. The number of rotatable bonds is 6. The van der Waals surface area contributed by atoms with Crippen molar-refractivity contribution in [2.75, 3.05) is 6.61 Å². The van der Waals surface area contributed by atoms with Gasteiger partial charge in [0.25, 0.3) is 0 Å². The van der Waals surface area contributed by atoms with Crippen molar-refractivity contribution in [2.45, 2.75) is 57.5 Å². The molecule has 74 valence electrons. The van der Waals surface area contributed by atoms with Crippen molar-refractivity contribution in [3.8, 4) is 6.07 Å². The number of ether oxygens (including phenoxy) is 1. The van der Waals surface area contributed by atoms with Crippen LogP contribution in [0.1, 0.15) is 51.4 Å². The highest BCUT2D eigenvalue weighted by molar-refractivity contribution is 4.68. The highest BCUT2D eigenvalue weighted by Gasteiger charge is 2.13. The molecule has 1 aliphatic rings. The summed E-state index contributed by atoms with van der Waals surface area (Å²) < 4.78 is 5.53. The first-order chi connectivity index (χ1) is 6.43. The van der Waals surface area contributed by atoms with Crippen molar-refractivity contribution in [1.29, 1.82) is 5.26 Å². The minimum absolute atomic E-state index is 0.552. The van der Waals surface area contributed by atoms with E-state index in [9.17, 15) is 0 Å². The van der Waals surface area contributed by atoms with Crippen molar-refractivity contribution in [1.82, 2.24) is 0 Å². The molecular weight excluding hydrogens is 162 g/mol. The molecule has 1 fully saturated rings. The van der Waals surface area contributed by atoms with Crippen LogP contribution in [0.4, 0.5) is 0 Å². The molecule has 1 rings (SSSR count). The van der Waals surface area contributed by atoms with Gasteiger partial charge in [0.05, 0.1) is 12.2 Å². The van der Waals surface area contributed by atoms with Crippen LogP contribution in [0.5, 0.6) is 0 Å². The lowest BCUT2D eigenvalue weighted by molar-refractivity contribution is 0.102. The first kappa shape index (κ1) is 10.5. The average Bonchev–Trinajstić information content (AvgIpc) is 2.63. The van der Waals surface area contributed by atoms with Crippen LogP contribution in [0.15, 0.2) is 0 Å². The van der Waals surface area contributed by atoms with Gasteiger partial charge in [0.1, 0.15) is 0 Å². The third-order valence-electron chi connectivity index (χ3n) is 2.59. The molecule has 1 aliphatic heterocycles. The van der Waals surface area contributed by atoms with Crippen molar-refractivity contribution in [3.63, 3.8) is 0 Å². The second kappa shape index (κ2) is 6.91. The zero-order valence-corrected chi connectivity index (χ0v) is 8.30. The second-order valence-corrected chi connectivity index (χ2v) is 3.75. The molecule has 1 unspecified atom stereocenters. The summed E-state index contributed by atoms with van der Waals surface area (Å²) >= 11 is 0. The van der Waals surface area contributed by atoms with Crippen molar-refractivity contribution in [2.24, 2.45) is 0 Å². The van der Waals surface area contributed by atoms with E-state index >= 15 is 0 Å². The van der Waals surface area contributed by atoms with E-state index in [1.54, 1.807) is 0 Å². The minimum atomic E-state index is 0.552. The van der Waals surface area contributed by atoms with Crippen LogP contribution in [0, 0.1) is 11.3 Å². The van der Waals surface area contributed by atoms with E-state index in [4.69, 9.17) is 10.00 Å². The summed E-state index contributed by atoms with van der Waals surface area (Å²) in [7, 11) is 0. The Morgan fingerprint density at radius 1 is 1.23 bits per heavy atom. The van der Waals surface area contributed by atoms with E-state index in [1.165, 1.54) is 38.5 Å². The van der Waals surface area contributed by atoms with Gasteiger partial charge in [-0.1, -0.05) is 19.3 Å². The highest BCUT2D eigenvalue weighted by atomic mass is 16.5. The average molecular weight is 181 g/mol. The maximum atomic E-state index is 8.33. The molecule has 1 heterocycles. The van der Waals surface area contributed by atoms with Gasteiger partial charge in [-0.25, -0.2) is 0 Å². The lowest BCUT2D eigenvalue weighted by Gasteiger charge is -2.07. The van der Waals surface area contributed by atoms with Gasteiger partial charge in [0.15, 0.2) is 0 Å². The largest absolute Gasteiger partial charge is 0.378 e. The van der Waals surface area contributed by atoms with Crippen molar-refractivity contribution < 1.29 is 4.74 Å². The van der Waals surface area contributed by atoms with Gasteiger partial charge in [-0.3, -0.25) is 0 Å². The summed E-state index contributed by atoms with van der Waals surface area (Å²) in [6, 6.07) is 2.18. The molecule has 0 aliphatic carbocycles. The molecule has 1 saturated heterocycles. The van der Waals surface area contributed by atoms with E-state index in [-0.39, 0.29) is 0 Å². The summed E-state index contributed by atoms with van der Waals surface area (Å²) in [6.07, 6.45) is 9.83. The number of unbranched alkanes of at least 4 members (excludes halogenated alkanes) is 4. The van der Waals surface area contributed by atoms with Crippen molar-refractivity contribution >= 4 is 0 Å². The van der Waals surface area contributed by atoms with E-state index in [0.29, 0.717) is 6.10 Å². The molecule has 2 nitrogen and oxygen atoms in total. The fraction of sp³-hybridized carbons (Fsp3) is 0.909. The normalized spacial score (nSPS) is 21.6. The molecule has 0 N–H and O–H groups in total. The van der Waals surface area contributed by atoms with E-state index in [2.05, 4.69) is 6.07 Å². The van der Waals surface area contributed by atoms with E-state index < -0.39 is 0 Å². The fourth-order valence-corrected chi connectivity index (χ4v) is 1.80. The molecule has 0 aromatic rings. The highest BCUT2D eigenvalue weighted by Crippen LogP contribution is 2.18. The molecule has 0 radical (unpaired) electrons. The lowest BCUT2D eigenvalue weighted by atomic mass is 10.1. The van der Waals surface area contributed by atoms with Crippen LogP contribution in [-0.2, 0) is 4.74 Å². The fourth-order valence-electron chi connectivity index (χ4n) is 1.80. The Morgan fingerprint density at radius 2 is 2.08 bits per heavy atom. The monoisotopic (exact) mass is 181 g/mol. The third kappa shape index (κ3) is 4.90. The Balaban J connectivity index is 1.81. The summed E-state index contributed by atoms with van der Waals surface area (Å²) in [5.41, 5.74) is 0. The van der Waals surface area contributed by atoms with Crippen LogP contribution >= 0.6 is 0 Å². The smallest absolute Gasteiger partial charge is 0.0621 e. The summed E-state index contributed by atoms with van der Waals surface area (Å²) in [4.78, 5) is 0. The minimum Gasteiger partial charge on any atom is -0.378 e. The van der Waals surface area contributed by atoms with Crippen LogP contribution in [0.3, 0.4) is 0 Å². The van der Waals surface area contributed by atoms with Gasteiger partial charge < -0.3 is 4.74 Å². The summed E-state index contributed by atoms with van der Waals surface area (Å²) in [5.74, 6) is 0. The topological polar surface area (TPSA) is 33.0 Å². The van der Waals surface area contributed by atoms with Crippen LogP contribution in [0.25, 0.3) is 0 Å². The predicted molar refractivity (Wildman–Crippen MR) is 52.3 cm³/mol. The van der Waals surface area contributed by atoms with Crippen LogP contribution in [-0.4, -0.2) is 12.7 Å². The standard InChI is InChI=1S/C11H19NO/c12-9-5-3-1-2-4-7-11-8-6-10-13-11/h11H,1-8,10H2. The zero-order chi connectivity index (χ0) is 9.36. The van der Waals surface area contributed by atoms with Gasteiger partial charge >= 0.3 is 0 Å². The van der Waals surface area contributed by atoms with E-state index in [1.807, 2.05) is 0 Å². The van der Waals surface area contributed by atoms with Gasteiger partial charge in [-0.2, -0.15) is 5.26 Å². The predicted octanol–water partition coefficient (Wildman–Crippen LogP) is 3.03. The van der Waals surface area contributed by atoms with Gasteiger partial charge in [-0.05, 0) is 25.7 Å². The molecule has 0 aromatic heterocycles. The molecule has 0 aromatic carbocycles. The van der Waals surface area contributed by atoms with Crippen LogP contribution < -0.4 is 0 Å². The Labute approximate surface area is 80.9 Å². The van der Waals surface area contributed by atoms with E-state index in [0.717, 1.165) is 19.4 Å².